The Kier molecular flexibility index (Phi) is 7.22. The number of aromatic nitrogens is 7. The van der Waals surface area contributed by atoms with E-state index in [2.05, 4.69) is 35.5 Å². The van der Waals surface area contributed by atoms with Gasteiger partial charge in [-0.05, 0) is 61.9 Å². The van der Waals surface area contributed by atoms with Gasteiger partial charge >= 0.3 is 0 Å². The van der Waals surface area contributed by atoms with E-state index in [-0.39, 0.29) is 5.95 Å². The minimum atomic E-state index is 0.144. The van der Waals surface area contributed by atoms with Crippen LogP contribution in [0.25, 0.3) is 17.1 Å². The first-order chi connectivity index (χ1) is 18.1. The van der Waals surface area contributed by atoms with Crippen LogP contribution >= 0.6 is 11.8 Å². The Morgan fingerprint density at radius 1 is 0.973 bits per heavy atom. The van der Waals surface area contributed by atoms with Crippen molar-refractivity contribution in [1.29, 1.82) is 0 Å². The van der Waals surface area contributed by atoms with Crippen LogP contribution in [0.3, 0.4) is 0 Å². The molecule has 3 heterocycles. The smallest absolute Gasteiger partial charge is 0.232 e. The molecule has 3 aromatic heterocycles. The molecule has 0 fully saturated rings. The molecule has 10 nitrogen and oxygen atoms in total. The van der Waals surface area contributed by atoms with Crippen molar-refractivity contribution in [1.82, 2.24) is 34.7 Å². The number of ether oxygens (including phenoxy) is 1. The number of nitrogens with two attached hydrogens (primary N) is 1. The number of rotatable bonds is 9. The van der Waals surface area contributed by atoms with Crippen LogP contribution < -0.4 is 15.8 Å². The highest BCUT2D eigenvalue weighted by atomic mass is 32.2. The van der Waals surface area contributed by atoms with Crippen LogP contribution in [0.2, 0.25) is 0 Å². The molecule has 2 aromatic carbocycles. The van der Waals surface area contributed by atoms with Crippen molar-refractivity contribution in [2.24, 2.45) is 0 Å². The number of thioether (sulfide) groups is 1. The third-order valence-corrected chi connectivity index (χ3v) is 6.30. The van der Waals surface area contributed by atoms with Crippen molar-refractivity contribution >= 4 is 29.3 Å². The summed E-state index contributed by atoms with van der Waals surface area (Å²) in [5, 5.41) is 12.8. The van der Waals surface area contributed by atoms with Gasteiger partial charge in [0.2, 0.25) is 11.9 Å². The van der Waals surface area contributed by atoms with Crippen LogP contribution in [0.5, 0.6) is 5.75 Å². The Morgan fingerprint density at radius 2 is 1.81 bits per heavy atom. The van der Waals surface area contributed by atoms with E-state index in [9.17, 15) is 0 Å². The average molecular weight is 512 g/mol. The second kappa shape index (κ2) is 11.0. The van der Waals surface area contributed by atoms with Crippen LogP contribution in [-0.2, 0) is 5.75 Å². The van der Waals surface area contributed by atoms with Gasteiger partial charge in [0.15, 0.2) is 11.0 Å². The van der Waals surface area contributed by atoms with Crippen molar-refractivity contribution in [3.8, 4) is 22.8 Å². The monoisotopic (exact) mass is 511 g/mol. The Labute approximate surface area is 218 Å². The van der Waals surface area contributed by atoms with Crippen molar-refractivity contribution in [3.05, 3.63) is 84.4 Å². The highest BCUT2D eigenvalue weighted by molar-refractivity contribution is 7.98. The predicted octanol–water partition coefficient (Wildman–Crippen LogP) is 4.84. The molecule has 5 rings (SSSR count). The molecule has 0 bridgehead atoms. The predicted molar refractivity (Wildman–Crippen MR) is 144 cm³/mol. The maximum atomic E-state index is 6.00. The molecule has 0 amide bonds. The van der Waals surface area contributed by atoms with Gasteiger partial charge < -0.3 is 15.8 Å². The summed E-state index contributed by atoms with van der Waals surface area (Å²) in [5.41, 5.74) is 9.72. The van der Waals surface area contributed by atoms with Crippen LogP contribution in [0.1, 0.15) is 18.3 Å². The van der Waals surface area contributed by atoms with Gasteiger partial charge in [-0.2, -0.15) is 15.0 Å². The number of hydrogen-bond donors (Lipinski definition) is 2. The zero-order valence-electron chi connectivity index (χ0n) is 20.4. The standard InChI is InChI=1S/C26H25N9OS/c1-3-36-20-12-10-19(11-13-20)35-23(18-8-6-14-28-15-18)33-34-26(35)37-16-22-30-24(27)32-25(31-22)29-21-9-5-4-7-17(21)2/h4-15H,3,16H2,1-2H3,(H3,27,29,30,31,32). The molecule has 0 aliphatic carbocycles. The molecular weight excluding hydrogens is 486 g/mol. The van der Waals surface area contributed by atoms with Crippen molar-refractivity contribution < 1.29 is 4.74 Å². The van der Waals surface area contributed by atoms with Crippen LogP contribution in [0, 0.1) is 6.92 Å². The topological polar surface area (TPSA) is 130 Å². The average Bonchev–Trinajstić information content (AvgIpc) is 3.34. The molecule has 0 aliphatic heterocycles. The third kappa shape index (κ3) is 5.67. The number of nitrogens with zero attached hydrogens (tertiary/aromatic N) is 7. The van der Waals surface area contributed by atoms with Gasteiger partial charge in [-0.15, -0.1) is 10.2 Å². The lowest BCUT2D eigenvalue weighted by atomic mass is 10.2. The molecule has 5 aromatic rings. The van der Waals surface area contributed by atoms with E-state index in [4.69, 9.17) is 10.5 Å². The fourth-order valence-electron chi connectivity index (χ4n) is 3.66. The zero-order valence-corrected chi connectivity index (χ0v) is 21.2. The summed E-state index contributed by atoms with van der Waals surface area (Å²) in [4.78, 5) is 17.4. The van der Waals surface area contributed by atoms with E-state index in [1.807, 2.05) is 79.1 Å². The maximum absolute atomic E-state index is 6.00. The van der Waals surface area contributed by atoms with E-state index in [0.717, 1.165) is 28.3 Å². The molecule has 0 saturated carbocycles. The molecule has 0 aliphatic rings. The molecule has 0 unspecified atom stereocenters. The molecular formula is C26H25N9OS. The second-order valence-corrected chi connectivity index (χ2v) is 8.91. The minimum Gasteiger partial charge on any atom is -0.494 e. The number of nitrogen functional groups attached to an aromatic ring is 1. The van der Waals surface area contributed by atoms with Crippen LogP contribution in [-0.4, -0.2) is 41.3 Å². The second-order valence-electron chi connectivity index (χ2n) is 7.97. The summed E-state index contributed by atoms with van der Waals surface area (Å²) in [6.07, 6.45) is 3.49. The summed E-state index contributed by atoms with van der Waals surface area (Å²) in [6, 6.07) is 19.5. The van der Waals surface area contributed by atoms with Gasteiger partial charge in [-0.1, -0.05) is 30.0 Å². The summed E-state index contributed by atoms with van der Waals surface area (Å²) in [5.74, 6) is 2.95. The fourth-order valence-corrected chi connectivity index (χ4v) is 4.46. The number of anilines is 3. The Bertz CT molecular complexity index is 1490. The molecule has 0 radical (unpaired) electrons. The molecule has 186 valence electrons. The van der Waals surface area contributed by atoms with Crippen molar-refractivity contribution in [2.45, 2.75) is 24.8 Å². The third-order valence-electron chi connectivity index (χ3n) is 5.38. The minimum absolute atomic E-state index is 0.144. The number of aryl methyl sites for hydroxylation is 1. The van der Waals surface area contributed by atoms with Crippen LogP contribution in [0.15, 0.2) is 78.2 Å². The molecule has 3 N–H and O–H groups in total. The number of hydrogen-bond acceptors (Lipinski definition) is 10. The molecule has 11 heteroatoms. The first-order valence-electron chi connectivity index (χ1n) is 11.7. The largest absolute Gasteiger partial charge is 0.494 e. The van der Waals surface area contributed by atoms with E-state index in [0.29, 0.717) is 35.1 Å². The van der Waals surface area contributed by atoms with Gasteiger partial charge in [0.25, 0.3) is 0 Å². The van der Waals surface area contributed by atoms with E-state index in [1.54, 1.807) is 12.4 Å². The number of para-hydroxylation sites is 1. The van der Waals surface area contributed by atoms with Crippen molar-refractivity contribution in [2.75, 3.05) is 17.7 Å². The number of benzene rings is 2. The van der Waals surface area contributed by atoms with Gasteiger partial charge in [0, 0.05) is 29.3 Å². The first-order valence-corrected chi connectivity index (χ1v) is 12.6. The molecule has 0 saturated heterocycles. The highest BCUT2D eigenvalue weighted by Gasteiger charge is 2.18. The lowest BCUT2D eigenvalue weighted by Crippen LogP contribution is -2.07. The SMILES string of the molecule is CCOc1ccc(-n2c(SCc3nc(N)nc(Nc4ccccc4C)n3)nnc2-c2cccnc2)cc1. The number of nitrogens with one attached hydrogen (secondary N) is 1. The summed E-state index contributed by atoms with van der Waals surface area (Å²) < 4.78 is 7.59. The fraction of sp³-hybridized carbons (Fsp3) is 0.154. The first kappa shape index (κ1) is 24.2. The quantitative estimate of drug-likeness (QED) is 0.265. The van der Waals surface area contributed by atoms with E-state index >= 15 is 0 Å². The lowest BCUT2D eigenvalue weighted by molar-refractivity contribution is 0.340. The molecule has 37 heavy (non-hydrogen) atoms. The molecule has 0 spiro atoms. The Hall–Kier alpha value is -4.51. The number of pyridine rings is 1. The summed E-state index contributed by atoms with van der Waals surface area (Å²) in [6.45, 7) is 4.57. The van der Waals surface area contributed by atoms with Gasteiger partial charge in [-0.25, -0.2) is 0 Å². The zero-order chi connectivity index (χ0) is 25.6. The Balaban J connectivity index is 1.43. The van der Waals surface area contributed by atoms with Crippen LogP contribution in [0.4, 0.5) is 17.6 Å². The summed E-state index contributed by atoms with van der Waals surface area (Å²) in [7, 11) is 0. The highest BCUT2D eigenvalue weighted by Crippen LogP contribution is 2.30. The van der Waals surface area contributed by atoms with Crippen molar-refractivity contribution in [3.63, 3.8) is 0 Å². The molecule has 0 atom stereocenters. The normalized spacial score (nSPS) is 10.9. The van der Waals surface area contributed by atoms with E-state index < -0.39 is 0 Å². The van der Waals surface area contributed by atoms with Gasteiger partial charge in [0.05, 0.1) is 12.4 Å². The Morgan fingerprint density at radius 3 is 2.57 bits per heavy atom. The van der Waals surface area contributed by atoms with Gasteiger partial charge in [0.1, 0.15) is 11.6 Å². The van der Waals surface area contributed by atoms with E-state index in [1.165, 1.54) is 11.8 Å². The lowest BCUT2D eigenvalue weighted by Gasteiger charge is -2.12. The maximum Gasteiger partial charge on any atom is 0.232 e. The summed E-state index contributed by atoms with van der Waals surface area (Å²) >= 11 is 1.45. The van der Waals surface area contributed by atoms with Gasteiger partial charge in [-0.3, -0.25) is 9.55 Å².